The molecule has 0 bridgehead atoms. The third-order valence-corrected chi connectivity index (χ3v) is 5.04. The van der Waals surface area contributed by atoms with Gasteiger partial charge in [-0.25, -0.2) is 0 Å². The second kappa shape index (κ2) is 6.18. The van der Waals surface area contributed by atoms with E-state index in [-0.39, 0.29) is 6.61 Å². The highest BCUT2D eigenvalue weighted by molar-refractivity contribution is 9.10. The van der Waals surface area contributed by atoms with E-state index in [4.69, 9.17) is 15.0 Å². The van der Waals surface area contributed by atoms with Crippen LogP contribution in [0.15, 0.2) is 45.4 Å². The lowest BCUT2D eigenvalue weighted by Crippen LogP contribution is -2.34. The summed E-state index contributed by atoms with van der Waals surface area (Å²) in [5, 5.41) is 6.32. The molecule has 4 rings (SSSR count). The highest BCUT2D eigenvalue weighted by Gasteiger charge is 2.35. The highest BCUT2D eigenvalue weighted by Crippen LogP contribution is 2.34. The number of hydrogen-bond donors (Lipinski definition) is 1. The lowest BCUT2D eigenvalue weighted by atomic mass is 9.99. The second-order valence-corrected chi connectivity index (χ2v) is 7.23. The molecule has 3 aromatic rings. The average Bonchev–Trinajstić information content (AvgIpc) is 3.23. The molecule has 1 aromatic heterocycles. The zero-order valence-corrected chi connectivity index (χ0v) is 14.8. The molecule has 1 heterocycles. The summed E-state index contributed by atoms with van der Waals surface area (Å²) in [4.78, 5) is 4.42. The molecule has 1 aliphatic rings. The second-order valence-electron chi connectivity index (χ2n) is 6.32. The van der Waals surface area contributed by atoms with E-state index in [2.05, 4.69) is 38.2 Å². The van der Waals surface area contributed by atoms with Crippen molar-refractivity contribution in [1.29, 1.82) is 0 Å². The summed E-state index contributed by atoms with van der Waals surface area (Å²) in [5.41, 5.74) is 5.91. The fourth-order valence-electron chi connectivity index (χ4n) is 3.17. The van der Waals surface area contributed by atoms with Gasteiger partial charge in [0, 0.05) is 4.47 Å². The largest absolute Gasteiger partial charge is 0.484 e. The van der Waals surface area contributed by atoms with Crippen molar-refractivity contribution < 1.29 is 9.26 Å². The van der Waals surface area contributed by atoms with Gasteiger partial charge in [-0.15, -0.1) is 0 Å². The Hall–Kier alpha value is -1.92. The number of rotatable bonds is 4. The summed E-state index contributed by atoms with van der Waals surface area (Å²) >= 11 is 3.48. The van der Waals surface area contributed by atoms with E-state index in [1.807, 2.05) is 24.3 Å². The molecule has 5 nitrogen and oxygen atoms in total. The third kappa shape index (κ3) is 3.03. The predicted molar refractivity (Wildman–Crippen MR) is 94.6 cm³/mol. The van der Waals surface area contributed by atoms with Crippen molar-refractivity contribution in [2.75, 3.05) is 0 Å². The Bertz CT molecular complexity index is 872. The topological polar surface area (TPSA) is 74.2 Å². The maximum absolute atomic E-state index is 6.35. The molecular formula is C18H18BrN3O2. The molecule has 0 amide bonds. The summed E-state index contributed by atoms with van der Waals surface area (Å²) in [6, 6.07) is 12.1. The van der Waals surface area contributed by atoms with Crippen LogP contribution in [0.4, 0.5) is 0 Å². The van der Waals surface area contributed by atoms with Crippen molar-refractivity contribution >= 4 is 26.7 Å². The smallest absolute Gasteiger partial charge is 0.264 e. The lowest BCUT2D eigenvalue weighted by molar-refractivity contribution is 0.241. The fraction of sp³-hybridized carbons (Fsp3) is 0.333. The standard InChI is InChI=1S/C18H18BrN3O2/c19-14-5-3-13-10-15(6-4-12(13)9-14)23-11-16-21-17(22-24-16)18(20)7-1-2-8-18/h3-6,9-10H,1-2,7-8,11,20H2. The van der Waals surface area contributed by atoms with Crippen LogP contribution in [0, 0.1) is 0 Å². The van der Waals surface area contributed by atoms with Gasteiger partial charge >= 0.3 is 0 Å². The molecule has 0 aliphatic heterocycles. The molecular weight excluding hydrogens is 370 g/mol. The van der Waals surface area contributed by atoms with E-state index in [1.165, 1.54) is 0 Å². The fourth-order valence-corrected chi connectivity index (χ4v) is 3.55. The van der Waals surface area contributed by atoms with Crippen LogP contribution in [0.1, 0.15) is 37.4 Å². The van der Waals surface area contributed by atoms with Crippen molar-refractivity contribution in [2.45, 2.75) is 37.8 Å². The van der Waals surface area contributed by atoms with Gasteiger partial charge in [0.05, 0.1) is 5.54 Å². The number of halogens is 1. The molecule has 24 heavy (non-hydrogen) atoms. The average molecular weight is 388 g/mol. The number of nitrogens with zero attached hydrogens (tertiary/aromatic N) is 2. The van der Waals surface area contributed by atoms with Crippen LogP contribution in [0.5, 0.6) is 5.75 Å². The molecule has 0 spiro atoms. The van der Waals surface area contributed by atoms with Crippen LogP contribution in [-0.4, -0.2) is 10.1 Å². The molecule has 1 saturated carbocycles. The predicted octanol–water partition coefficient (Wildman–Crippen LogP) is 4.29. The van der Waals surface area contributed by atoms with Crippen LogP contribution in [0.3, 0.4) is 0 Å². The van der Waals surface area contributed by atoms with E-state index in [9.17, 15) is 0 Å². The lowest BCUT2D eigenvalue weighted by Gasteiger charge is -2.17. The number of nitrogens with two attached hydrogens (primary N) is 1. The SMILES string of the molecule is NC1(c2noc(COc3ccc4cc(Br)ccc4c3)n2)CCCC1. The summed E-state index contributed by atoms with van der Waals surface area (Å²) in [7, 11) is 0. The van der Waals surface area contributed by atoms with Gasteiger partial charge in [-0.3, -0.25) is 0 Å². The van der Waals surface area contributed by atoms with Gasteiger partial charge in [0.15, 0.2) is 12.4 Å². The molecule has 0 radical (unpaired) electrons. The zero-order valence-electron chi connectivity index (χ0n) is 13.2. The van der Waals surface area contributed by atoms with Gasteiger partial charge in [0.25, 0.3) is 5.89 Å². The monoisotopic (exact) mass is 387 g/mol. The molecule has 0 unspecified atom stereocenters. The van der Waals surface area contributed by atoms with E-state index in [0.29, 0.717) is 11.7 Å². The maximum Gasteiger partial charge on any atom is 0.264 e. The van der Waals surface area contributed by atoms with Gasteiger partial charge in [-0.05, 0) is 47.9 Å². The van der Waals surface area contributed by atoms with E-state index in [0.717, 1.165) is 46.7 Å². The first-order valence-corrected chi connectivity index (χ1v) is 8.86. The Morgan fingerprint density at radius 1 is 1.12 bits per heavy atom. The molecule has 124 valence electrons. The zero-order chi connectivity index (χ0) is 16.6. The third-order valence-electron chi connectivity index (χ3n) is 4.55. The van der Waals surface area contributed by atoms with Crippen molar-refractivity contribution in [3.05, 3.63) is 52.6 Å². The summed E-state index contributed by atoms with van der Waals surface area (Å²) in [6.07, 6.45) is 4.05. The van der Waals surface area contributed by atoms with Crippen LogP contribution >= 0.6 is 15.9 Å². The van der Waals surface area contributed by atoms with Crippen LogP contribution < -0.4 is 10.5 Å². The Morgan fingerprint density at radius 3 is 2.71 bits per heavy atom. The minimum absolute atomic E-state index is 0.241. The quantitative estimate of drug-likeness (QED) is 0.722. The van der Waals surface area contributed by atoms with E-state index in [1.54, 1.807) is 0 Å². The number of benzene rings is 2. The molecule has 2 aromatic carbocycles. The van der Waals surface area contributed by atoms with Crippen molar-refractivity contribution in [2.24, 2.45) is 5.73 Å². The number of aromatic nitrogens is 2. The van der Waals surface area contributed by atoms with Crippen molar-refractivity contribution in [3.8, 4) is 5.75 Å². The van der Waals surface area contributed by atoms with Gasteiger partial charge in [-0.2, -0.15) is 4.98 Å². The van der Waals surface area contributed by atoms with Crippen LogP contribution in [-0.2, 0) is 12.1 Å². The highest BCUT2D eigenvalue weighted by atomic mass is 79.9. The van der Waals surface area contributed by atoms with Crippen molar-refractivity contribution in [1.82, 2.24) is 10.1 Å². The number of hydrogen-bond acceptors (Lipinski definition) is 5. The van der Waals surface area contributed by atoms with Gasteiger partial charge < -0.3 is 15.0 Å². The minimum Gasteiger partial charge on any atom is -0.484 e. The Labute approximate surface area is 148 Å². The van der Waals surface area contributed by atoms with Crippen LogP contribution in [0.25, 0.3) is 10.8 Å². The van der Waals surface area contributed by atoms with Crippen LogP contribution in [0.2, 0.25) is 0 Å². The first kappa shape index (κ1) is 15.6. The molecule has 1 fully saturated rings. The normalized spacial score (nSPS) is 16.6. The Kier molecular flexibility index (Phi) is 4.02. The summed E-state index contributed by atoms with van der Waals surface area (Å²) < 4.78 is 12.1. The summed E-state index contributed by atoms with van der Waals surface area (Å²) in [5.74, 6) is 1.83. The Balaban J connectivity index is 1.47. The molecule has 1 aliphatic carbocycles. The number of fused-ring (bicyclic) bond motifs is 1. The van der Waals surface area contributed by atoms with Gasteiger partial charge in [0.1, 0.15) is 5.75 Å². The van der Waals surface area contributed by atoms with Gasteiger partial charge in [-0.1, -0.05) is 46.1 Å². The molecule has 2 N–H and O–H groups in total. The van der Waals surface area contributed by atoms with Gasteiger partial charge in [0.2, 0.25) is 0 Å². The minimum atomic E-state index is -0.432. The van der Waals surface area contributed by atoms with Crippen molar-refractivity contribution in [3.63, 3.8) is 0 Å². The Morgan fingerprint density at radius 2 is 1.88 bits per heavy atom. The van der Waals surface area contributed by atoms with E-state index < -0.39 is 5.54 Å². The number of ether oxygens (including phenoxy) is 1. The molecule has 0 saturated heterocycles. The maximum atomic E-state index is 6.35. The summed E-state index contributed by atoms with van der Waals surface area (Å²) in [6.45, 7) is 0.241. The molecule has 6 heteroatoms. The first-order chi connectivity index (χ1) is 11.6. The van der Waals surface area contributed by atoms with E-state index >= 15 is 0 Å². The molecule has 0 atom stereocenters. The first-order valence-electron chi connectivity index (χ1n) is 8.06.